The third kappa shape index (κ3) is 3.72. The molecule has 92 valence electrons. The molecule has 6 nitrogen and oxygen atoms in total. The van der Waals surface area contributed by atoms with E-state index in [1.807, 2.05) is 0 Å². The molecule has 0 spiro atoms. The highest BCUT2D eigenvalue weighted by molar-refractivity contribution is 7.12. The third-order valence-electron chi connectivity index (χ3n) is 1.81. The molecular weight excluding hydrogens is 270 g/mol. The number of thiophene rings is 1. The molecule has 0 unspecified atom stereocenters. The molecule has 0 aliphatic heterocycles. The van der Waals surface area contributed by atoms with Crippen LogP contribution >= 0.6 is 22.9 Å². The zero-order chi connectivity index (χ0) is 13.0. The zero-order valence-corrected chi connectivity index (χ0v) is 9.92. The molecule has 1 aromatic rings. The van der Waals surface area contributed by atoms with Crippen molar-refractivity contribution in [2.45, 2.75) is 12.5 Å². The summed E-state index contributed by atoms with van der Waals surface area (Å²) < 4.78 is 0. The highest BCUT2D eigenvalue weighted by Crippen LogP contribution is 2.21. The fraction of sp³-hybridized carbons (Fsp3) is 0.222. The van der Waals surface area contributed by atoms with Crippen LogP contribution in [-0.2, 0) is 9.59 Å². The van der Waals surface area contributed by atoms with Crippen LogP contribution in [0.4, 0.5) is 0 Å². The largest absolute Gasteiger partial charge is 0.481 e. The zero-order valence-electron chi connectivity index (χ0n) is 8.34. The minimum atomic E-state index is -1.47. The van der Waals surface area contributed by atoms with E-state index in [-0.39, 0.29) is 9.90 Å². The van der Waals surface area contributed by atoms with E-state index in [0.717, 1.165) is 11.3 Å². The van der Waals surface area contributed by atoms with Gasteiger partial charge in [0.2, 0.25) is 0 Å². The highest BCUT2D eigenvalue weighted by atomic mass is 35.5. The van der Waals surface area contributed by atoms with Gasteiger partial charge in [-0.3, -0.25) is 9.59 Å². The molecule has 0 bridgehead atoms. The predicted molar refractivity (Wildman–Crippen MR) is 60.5 cm³/mol. The Morgan fingerprint density at radius 2 is 2.06 bits per heavy atom. The minimum absolute atomic E-state index is 0.156. The predicted octanol–water partition coefficient (Wildman–Crippen LogP) is 1.06. The van der Waals surface area contributed by atoms with Gasteiger partial charge in [0.15, 0.2) is 0 Å². The third-order valence-corrected chi connectivity index (χ3v) is 3.15. The smallest absolute Gasteiger partial charge is 0.326 e. The number of hydrogen-bond acceptors (Lipinski definition) is 4. The maximum absolute atomic E-state index is 11.6. The van der Waals surface area contributed by atoms with E-state index >= 15 is 0 Å². The Bertz CT molecular complexity index is 458. The molecule has 1 aromatic heterocycles. The van der Waals surface area contributed by atoms with Gasteiger partial charge in [0.05, 0.1) is 11.4 Å². The van der Waals surface area contributed by atoms with Gasteiger partial charge in [0, 0.05) is 0 Å². The maximum atomic E-state index is 11.6. The van der Waals surface area contributed by atoms with Crippen molar-refractivity contribution in [2.75, 3.05) is 0 Å². The van der Waals surface area contributed by atoms with E-state index in [4.69, 9.17) is 21.8 Å². The van der Waals surface area contributed by atoms with Crippen LogP contribution in [0.15, 0.2) is 11.4 Å². The molecule has 0 fully saturated rings. The van der Waals surface area contributed by atoms with Crippen LogP contribution in [0.5, 0.6) is 0 Å². The lowest BCUT2D eigenvalue weighted by Crippen LogP contribution is -2.42. The summed E-state index contributed by atoms with van der Waals surface area (Å²) in [4.78, 5) is 32.9. The first-order valence-corrected chi connectivity index (χ1v) is 5.66. The summed E-state index contributed by atoms with van der Waals surface area (Å²) >= 11 is 6.74. The number of amides is 1. The lowest BCUT2D eigenvalue weighted by molar-refractivity contribution is -0.145. The van der Waals surface area contributed by atoms with Gasteiger partial charge in [0.25, 0.3) is 5.91 Å². The Kier molecular flexibility index (Phi) is 4.47. The number of aliphatic carboxylic acids is 2. The standard InChI is InChI=1S/C9H8ClNO5S/c10-4-1-2-17-7(4)8(14)11-5(9(15)16)3-6(12)13/h1-2,5H,3H2,(H,11,14)(H,12,13)(H,15,16)/t5-/m1/s1. The molecule has 0 aliphatic carbocycles. The average molecular weight is 278 g/mol. The van der Waals surface area contributed by atoms with Gasteiger partial charge in [-0.1, -0.05) is 11.6 Å². The van der Waals surface area contributed by atoms with Crippen molar-refractivity contribution in [3.05, 3.63) is 21.3 Å². The summed E-state index contributed by atoms with van der Waals surface area (Å²) in [5.74, 6) is -3.41. The Hall–Kier alpha value is -1.60. The summed E-state index contributed by atoms with van der Waals surface area (Å²) in [6.45, 7) is 0. The van der Waals surface area contributed by atoms with Crippen LogP contribution in [0, 0.1) is 0 Å². The molecular formula is C9H8ClNO5S. The second-order valence-electron chi connectivity index (χ2n) is 3.06. The first kappa shape index (κ1) is 13.5. The molecule has 0 aliphatic rings. The number of hydrogen-bond donors (Lipinski definition) is 3. The normalized spacial score (nSPS) is 11.8. The molecule has 0 saturated carbocycles. The fourth-order valence-corrected chi connectivity index (χ4v) is 2.10. The SMILES string of the molecule is O=C(O)C[C@@H](NC(=O)c1sccc1Cl)C(=O)O. The number of halogens is 1. The fourth-order valence-electron chi connectivity index (χ4n) is 1.05. The summed E-state index contributed by atoms with van der Waals surface area (Å²) in [5, 5.41) is 21.1. The first-order chi connectivity index (χ1) is 7.91. The average Bonchev–Trinajstić information content (AvgIpc) is 2.62. The maximum Gasteiger partial charge on any atom is 0.326 e. The molecule has 1 amide bonds. The van der Waals surface area contributed by atoms with Gasteiger partial charge in [-0.2, -0.15) is 0 Å². The van der Waals surface area contributed by atoms with Gasteiger partial charge in [-0.15, -0.1) is 11.3 Å². The van der Waals surface area contributed by atoms with Crippen LogP contribution < -0.4 is 5.32 Å². The van der Waals surface area contributed by atoms with Gasteiger partial charge >= 0.3 is 11.9 Å². The van der Waals surface area contributed by atoms with Crippen molar-refractivity contribution in [2.24, 2.45) is 0 Å². The number of nitrogens with one attached hydrogen (secondary N) is 1. The molecule has 1 atom stereocenters. The number of carboxylic acid groups (broad SMARTS) is 2. The molecule has 0 radical (unpaired) electrons. The Labute approximate surface area is 105 Å². The van der Waals surface area contributed by atoms with Crippen LogP contribution in [0.3, 0.4) is 0 Å². The molecule has 3 N–H and O–H groups in total. The van der Waals surface area contributed by atoms with Crippen molar-refractivity contribution in [1.82, 2.24) is 5.32 Å². The second-order valence-corrected chi connectivity index (χ2v) is 4.38. The Morgan fingerprint density at radius 3 is 2.47 bits per heavy atom. The Balaban J connectivity index is 2.74. The van der Waals surface area contributed by atoms with Crippen LogP contribution in [0.1, 0.15) is 16.1 Å². The lowest BCUT2D eigenvalue weighted by atomic mass is 10.2. The number of carbonyl (C=O) groups excluding carboxylic acids is 1. The number of rotatable bonds is 5. The summed E-state index contributed by atoms with van der Waals surface area (Å²) in [6.07, 6.45) is -0.690. The lowest BCUT2D eigenvalue weighted by Gasteiger charge is -2.11. The van der Waals surface area contributed by atoms with Crippen LogP contribution in [0.25, 0.3) is 0 Å². The molecule has 1 rings (SSSR count). The van der Waals surface area contributed by atoms with Crippen molar-refractivity contribution in [3.8, 4) is 0 Å². The summed E-state index contributed by atoms with van der Waals surface area (Å²) in [5.41, 5.74) is 0. The molecule has 17 heavy (non-hydrogen) atoms. The topological polar surface area (TPSA) is 104 Å². The van der Waals surface area contributed by atoms with E-state index < -0.39 is 30.3 Å². The van der Waals surface area contributed by atoms with E-state index in [1.54, 1.807) is 5.38 Å². The van der Waals surface area contributed by atoms with Crippen molar-refractivity contribution < 1.29 is 24.6 Å². The molecule has 0 saturated heterocycles. The number of carboxylic acids is 2. The quantitative estimate of drug-likeness (QED) is 0.746. The molecule has 1 heterocycles. The summed E-state index contributed by atoms with van der Waals surface area (Å²) in [7, 11) is 0. The van der Waals surface area contributed by atoms with Crippen molar-refractivity contribution in [1.29, 1.82) is 0 Å². The summed E-state index contributed by atoms with van der Waals surface area (Å²) in [6, 6.07) is 0.0202. The number of carbonyl (C=O) groups is 3. The van der Waals surface area contributed by atoms with E-state index in [9.17, 15) is 14.4 Å². The van der Waals surface area contributed by atoms with Gasteiger partial charge in [-0.05, 0) is 11.4 Å². The van der Waals surface area contributed by atoms with E-state index in [2.05, 4.69) is 5.32 Å². The van der Waals surface area contributed by atoms with Crippen molar-refractivity contribution >= 4 is 40.8 Å². The monoisotopic (exact) mass is 277 g/mol. The Morgan fingerprint density at radius 1 is 1.41 bits per heavy atom. The van der Waals surface area contributed by atoms with Crippen molar-refractivity contribution in [3.63, 3.8) is 0 Å². The highest BCUT2D eigenvalue weighted by Gasteiger charge is 2.24. The second kappa shape index (κ2) is 5.65. The minimum Gasteiger partial charge on any atom is -0.481 e. The first-order valence-electron chi connectivity index (χ1n) is 4.40. The van der Waals surface area contributed by atoms with Gasteiger partial charge in [-0.25, -0.2) is 4.79 Å². The van der Waals surface area contributed by atoms with E-state index in [1.165, 1.54) is 6.07 Å². The van der Waals surface area contributed by atoms with Gasteiger partial charge in [0.1, 0.15) is 10.9 Å². The molecule has 0 aromatic carbocycles. The van der Waals surface area contributed by atoms with Crippen LogP contribution in [0.2, 0.25) is 5.02 Å². The molecule has 8 heteroatoms. The van der Waals surface area contributed by atoms with E-state index in [0.29, 0.717) is 0 Å². The van der Waals surface area contributed by atoms with Gasteiger partial charge < -0.3 is 15.5 Å². The van der Waals surface area contributed by atoms with Crippen LogP contribution in [-0.4, -0.2) is 34.1 Å².